The van der Waals surface area contributed by atoms with E-state index in [9.17, 15) is 4.79 Å². The Morgan fingerprint density at radius 3 is 2.38 bits per heavy atom. The van der Waals surface area contributed by atoms with Gasteiger partial charge in [0.25, 0.3) is 5.56 Å². The van der Waals surface area contributed by atoms with Gasteiger partial charge in [0, 0.05) is 11.1 Å². The van der Waals surface area contributed by atoms with Crippen LogP contribution in [0.1, 0.15) is 5.56 Å². The Morgan fingerprint density at radius 2 is 1.71 bits per heavy atom. The number of hydrogen-bond donors (Lipinski definition) is 2. The van der Waals surface area contributed by atoms with Gasteiger partial charge in [0.2, 0.25) is 5.95 Å². The smallest absolute Gasteiger partial charge is 0.279 e. The minimum atomic E-state index is -0.371. The molecule has 0 unspecified atom stereocenters. The molecule has 0 atom stereocenters. The SMILES string of the molecule is O=c1[nH]c(NN=Cc2c(Cl)cccc2Cl)nnc1-c1ccccc1. The average Bonchev–Trinajstić information content (AvgIpc) is 2.58. The minimum Gasteiger partial charge on any atom is -0.288 e. The fourth-order valence-corrected chi connectivity index (χ4v) is 2.46. The van der Waals surface area contributed by atoms with Crippen LogP contribution in [0.5, 0.6) is 0 Å². The zero-order chi connectivity index (χ0) is 16.9. The number of benzene rings is 2. The van der Waals surface area contributed by atoms with E-state index in [1.807, 2.05) is 18.2 Å². The lowest BCUT2D eigenvalue weighted by atomic mass is 10.2. The highest BCUT2D eigenvalue weighted by atomic mass is 35.5. The van der Waals surface area contributed by atoms with Crippen LogP contribution in [0.2, 0.25) is 10.0 Å². The number of aromatic amines is 1. The number of H-pyrrole nitrogens is 1. The number of rotatable bonds is 4. The molecule has 0 saturated carbocycles. The van der Waals surface area contributed by atoms with Crippen molar-refractivity contribution in [3.63, 3.8) is 0 Å². The first-order valence-electron chi connectivity index (χ1n) is 6.90. The normalized spacial score (nSPS) is 10.9. The number of nitrogens with zero attached hydrogens (tertiary/aromatic N) is 3. The van der Waals surface area contributed by atoms with Gasteiger partial charge in [0.05, 0.1) is 16.3 Å². The van der Waals surface area contributed by atoms with Gasteiger partial charge in [-0.05, 0) is 12.1 Å². The summed E-state index contributed by atoms with van der Waals surface area (Å²) >= 11 is 12.1. The van der Waals surface area contributed by atoms with E-state index >= 15 is 0 Å². The van der Waals surface area contributed by atoms with E-state index in [0.717, 1.165) is 0 Å². The van der Waals surface area contributed by atoms with Gasteiger partial charge in [0.1, 0.15) is 0 Å². The molecule has 2 N–H and O–H groups in total. The molecule has 0 spiro atoms. The van der Waals surface area contributed by atoms with Gasteiger partial charge in [-0.2, -0.15) is 5.10 Å². The van der Waals surface area contributed by atoms with Crippen LogP contribution in [0.15, 0.2) is 58.4 Å². The Kier molecular flexibility index (Phi) is 4.88. The molecule has 0 amide bonds. The van der Waals surface area contributed by atoms with Crippen LogP contribution in [0, 0.1) is 0 Å². The second-order valence-electron chi connectivity index (χ2n) is 4.72. The molecule has 120 valence electrons. The van der Waals surface area contributed by atoms with Gasteiger partial charge in [-0.15, -0.1) is 10.2 Å². The van der Waals surface area contributed by atoms with E-state index in [1.54, 1.807) is 30.3 Å². The van der Waals surface area contributed by atoms with E-state index in [4.69, 9.17) is 23.2 Å². The Hall–Kier alpha value is -2.70. The zero-order valence-electron chi connectivity index (χ0n) is 12.2. The summed E-state index contributed by atoms with van der Waals surface area (Å²) in [7, 11) is 0. The van der Waals surface area contributed by atoms with Gasteiger partial charge in [-0.3, -0.25) is 9.78 Å². The van der Waals surface area contributed by atoms with Gasteiger partial charge in [0.15, 0.2) is 5.69 Å². The van der Waals surface area contributed by atoms with Crippen molar-refractivity contribution in [2.24, 2.45) is 5.10 Å². The first-order valence-corrected chi connectivity index (χ1v) is 7.66. The van der Waals surface area contributed by atoms with Crippen LogP contribution in [-0.4, -0.2) is 21.4 Å². The molecule has 6 nitrogen and oxygen atoms in total. The largest absolute Gasteiger partial charge is 0.288 e. The third kappa shape index (κ3) is 3.61. The minimum absolute atomic E-state index is 0.110. The average molecular weight is 360 g/mol. The van der Waals surface area contributed by atoms with Crippen LogP contribution in [0.3, 0.4) is 0 Å². The van der Waals surface area contributed by atoms with Crippen molar-refractivity contribution in [1.29, 1.82) is 0 Å². The molecule has 2 aromatic carbocycles. The molecule has 0 aliphatic carbocycles. The van der Waals surface area contributed by atoms with Crippen molar-refractivity contribution in [3.8, 4) is 11.3 Å². The highest BCUT2D eigenvalue weighted by molar-refractivity contribution is 6.38. The zero-order valence-corrected chi connectivity index (χ0v) is 13.7. The van der Waals surface area contributed by atoms with Gasteiger partial charge in [-0.1, -0.05) is 59.6 Å². The van der Waals surface area contributed by atoms with Gasteiger partial charge < -0.3 is 0 Å². The standard InChI is InChI=1S/C16H11Cl2N5O/c17-12-7-4-8-13(18)11(12)9-19-22-16-20-15(24)14(21-23-16)10-5-2-1-3-6-10/h1-9H,(H2,20,22,23,24). The fourth-order valence-electron chi connectivity index (χ4n) is 1.96. The summed E-state index contributed by atoms with van der Waals surface area (Å²) in [6, 6.07) is 14.2. The van der Waals surface area contributed by atoms with E-state index in [0.29, 0.717) is 21.2 Å². The number of aromatic nitrogens is 3. The van der Waals surface area contributed by atoms with Crippen molar-refractivity contribution in [2.45, 2.75) is 0 Å². The Bertz CT molecular complexity index is 920. The molecule has 0 radical (unpaired) electrons. The molecular formula is C16H11Cl2N5O. The van der Waals surface area contributed by atoms with Crippen molar-refractivity contribution in [2.75, 3.05) is 5.43 Å². The molecule has 0 fully saturated rings. The summed E-state index contributed by atoms with van der Waals surface area (Å²) in [6.45, 7) is 0. The third-order valence-corrected chi connectivity index (χ3v) is 3.77. The molecule has 8 heteroatoms. The number of hydrazone groups is 1. The maximum absolute atomic E-state index is 12.1. The topological polar surface area (TPSA) is 83.0 Å². The second kappa shape index (κ2) is 7.25. The number of halogens is 2. The van der Waals surface area contributed by atoms with Crippen molar-refractivity contribution < 1.29 is 0 Å². The Labute approximate surface area is 147 Å². The number of hydrogen-bond acceptors (Lipinski definition) is 5. The molecule has 24 heavy (non-hydrogen) atoms. The first kappa shape index (κ1) is 16.2. The van der Waals surface area contributed by atoms with Gasteiger partial charge in [-0.25, -0.2) is 5.43 Å². The predicted octanol–water partition coefficient (Wildman–Crippen LogP) is 3.58. The highest BCUT2D eigenvalue weighted by Gasteiger charge is 2.06. The summed E-state index contributed by atoms with van der Waals surface area (Å²) in [4.78, 5) is 14.7. The summed E-state index contributed by atoms with van der Waals surface area (Å²) < 4.78 is 0. The van der Waals surface area contributed by atoms with Crippen LogP contribution in [-0.2, 0) is 0 Å². The molecule has 0 bridgehead atoms. The Balaban J connectivity index is 1.79. The van der Waals surface area contributed by atoms with E-state index in [1.165, 1.54) is 6.21 Å². The lowest BCUT2D eigenvalue weighted by Crippen LogP contribution is -2.15. The fraction of sp³-hybridized carbons (Fsp3) is 0. The lowest BCUT2D eigenvalue weighted by molar-refractivity contribution is 0.947. The number of anilines is 1. The number of nitrogens with one attached hydrogen (secondary N) is 2. The summed E-state index contributed by atoms with van der Waals surface area (Å²) in [5.74, 6) is 0.110. The molecule has 0 aliphatic heterocycles. The van der Waals surface area contributed by atoms with E-state index in [-0.39, 0.29) is 17.2 Å². The maximum atomic E-state index is 12.1. The molecule has 3 rings (SSSR count). The van der Waals surface area contributed by atoms with Crippen LogP contribution < -0.4 is 11.0 Å². The molecule has 3 aromatic rings. The van der Waals surface area contributed by atoms with Crippen molar-refractivity contribution in [1.82, 2.24) is 15.2 Å². The third-order valence-electron chi connectivity index (χ3n) is 3.11. The molecule has 1 aromatic heterocycles. The predicted molar refractivity (Wildman–Crippen MR) is 95.8 cm³/mol. The molecule has 0 aliphatic rings. The van der Waals surface area contributed by atoms with Crippen LogP contribution in [0.4, 0.5) is 5.95 Å². The first-order chi connectivity index (χ1) is 11.6. The lowest BCUT2D eigenvalue weighted by Gasteiger charge is -2.02. The molecular weight excluding hydrogens is 349 g/mol. The van der Waals surface area contributed by atoms with E-state index in [2.05, 4.69) is 25.7 Å². The van der Waals surface area contributed by atoms with Crippen molar-refractivity contribution >= 4 is 35.4 Å². The quantitative estimate of drug-likeness (QED) is 0.550. The Morgan fingerprint density at radius 1 is 1.00 bits per heavy atom. The van der Waals surface area contributed by atoms with Crippen molar-refractivity contribution in [3.05, 3.63) is 74.5 Å². The van der Waals surface area contributed by atoms with Crippen LogP contribution in [0.25, 0.3) is 11.3 Å². The summed E-state index contributed by atoms with van der Waals surface area (Å²) in [5, 5.41) is 12.7. The maximum Gasteiger partial charge on any atom is 0.279 e. The highest BCUT2D eigenvalue weighted by Crippen LogP contribution is 2.22. The second-order valence-corrected chi connectivity index (χ2v) is 5.54. The van der Waals surface area contributed by atoms with E-state index < -0.39 is 0 Å². The van der Waals surface area contributed by atoms with Gasteiger partial charge >= 0.3 is 0 Å². The molecule has 1 heterocycles. The monoisotopic (exact) mass is 359 g/mol. The molecule has 0 saturated heterocycles. The van der Waals surface area contributed by atoms with Crippen LogP contribution >= 0.6 is 23.2 Å². The summed E-state index contributed by atoms with van der Waals surface area (Å²) in [5.41, 5.74) is 3.70. The summed E-state index contributed by atoms with van der Waals surface area (Å²) in [6.07, 6.45) is 1.44.